The molecule has 2 aromatic carbocycles. The molecular weight excluding hydrogens is 304 g/mol. The number of Topliss-reactive ketones (excluding diaryl/α,β-unsaturated/α-hetero) is 1. The molecule has 0 unspecified atom stereocenters. The fraction of sp³-hybridized carbons (Fsp3) is 0.188. The number of carbonyl (C=O) groups is 1. The van der Waals surface area contributed by atoms with Gasteiger partial charge in [-0.15, -0.1) is 0 Å². The molecule has 3 heteroatoms. The molecule has 0 N–H and O–H groups in total. The number of aryl methyl sites for hydroxylation is 1. The van der Waals surface area contributed by atoms with E-state index in [-0.39, 0.29) is 12.4 Å². The molecule has 0 amide bonds. The summed E-state index contributed by atoms with van der Waals surface area (Å²) in [6.45, 7) is 2.55. The first-order valence-corrected chi connectivity index (χ1v) is 6.86. The van der Waals surface area contributed by atoms with Gasteiger partial charge in [-0.1, -0.05) is 57.9 Å². The molecule has 0 atom stereocenters. The van der Waals surface area contributed by atoms with E-state index >= 15 is 0 Å². The van der Waals surface area contributed by atoms with Crippen LogP contribution in [0.2, 0.25) is 0 Å². The Balaban J connectivity index is 1.86. The lowest BCUT2D eigenvalue weighted by Crippen LogP contribution is -2.09. The number of rotatable bonds is 5. The van der Waals surface area contributed by atoms with E-state index in [1.807, 2.05) is 55.5 Å². The largest absolute Gasteiger partial charge is 0.369 e. The van der Waals surface area contributed by atoms with E-state index in [1.165, 1.54) is 0 Å². The molecule has 2 nitrogen and oxygen atoms in total. The van der Waals surface area contributed by atoms with Crippen LogP contribution in [0.5, 0.6) is 0 Å². The van der Waals surface area contributed by atoms with Gasteiger partial charge in [0.2, 0.25) is 0 Å². The third-order valence-corrected chi connectivity index (χ3v) is 3.26. The Labute approximate surface area is 121 Å². The van der Waals surface area contributed by atoms with E-state index in [0.29, 0.717) is 12.2 Å². The topological polar surface area (TPSA) is 26.3 Å². The minimum Gasteiger partial charge on any atom is -0.369 e. The first-order valence-electron chi connectivity index (χ1n) is 6.07. The maximum absolute atomic E-state index is 11.9. The van der Waals surface area contributed by atoms with Crippen LogP contribution in [0.1, 0.15) is 21.5 Å². The van der Waals surface area contributed by atoms with Gasteiger partial charge in [0.25, 0.3) is 0 Å². The summed E-state index contributed by atoms with van der Waals surface area (Å²) in [6.07, 6.45) is 0. The number of hydrogen-bond acceptors (Lipinski definition) is 2. The van der Waals surface area contributed by atoms with Gasteiger partial charge in [0.1, 0.15) is 6.61 Å². The van der Waals surface area contributed by atoms with E-state index in [1.54, 1.807) is 0 Å². The zero-order chi connectivity index (χ0) is 13.7. The number of carbonyl (C=O) groups excluding carboxylic acids is 1. The Hall–Kier alpha value is -1.45. The molecule has 0 aliphatic rings. The van der Waals surface area contributed by atoms with Gasteiger partial charge >= 0.3 is 0 Å². The molecule has 19 heavy (non-hydrogen) atoms. The van der Waals surface area contributed by atoms with E-state index in [9.17, 15) is 4.79 Å². The Morgan fingerprint density at radius 2 is 1.89 bits per heavy atom. The summed E-state index contributed by atoms with van der Waals surface area (Å²) in [5.74, 6) is 0.00926. The van der Waals surface area contributed by atoms with Crippen LogP contribution in [0.4, 0.5) is 0 Å². The second kappa shape index (κ2) is 6.64. The molecule has 0 aliphatic carbocycles. The van der Waals surface area contributed by atoms with Crippen LogP contribution in [0, 0.1) is 6.92 Å². The molecule has 98 valence electrons. The van der Waals surface area contributed by atoms with Crippen molar-refractivity contribution in [1.82, 2.24) is 0 Å². The van der Waals surface area contributed by atoms with Crippen molar-refractivity contribution in [2.24, 2.45) is 0 Å². The Morgan fingerprint density at radius 3 is 2.58 bits per heavy atom. The second-order valence-corrected chi connectivity index (χ2v) is 5.33. The van der Waals surface area contributed by atoms with E-state index in [0.717, 1.165) is 15.6 Å². The lowest BCUT2D eigenvalue weighted by molar-refractivity contribution is 0.0726. The highest BCUT2D eigenvalue weighted by atomic mass is 79.9. The van der Waals surface area contributed by atoms with Crippen molar-refractivity contribution in [1.29, 1.82) is 0 Å². The van der Waals surface area contributed by atoms with Gasteiger partial charge in [-0.25, -0.2) is 0 Å². The zero-order valence-electron chi connectivity index (χ0n) is 10.7. The number of ether oxygens (including phenoxy) is 1. The van der Waals surface area contributed by atoms with E-state index < -0.39 is 0 Å². The molecule has 0 saturated carbocycles. The standard InChI is InChI=1S/C16H15BrO2/c1-12-5-7-14(8-6-12)16(18)11-19-10-13-3-2-4-15(17)9-13/h2-9H,10-11H2,1H3. The highest BCUT2D eigenvalue weighted by molar-refractivity contribution is 9.10. The molecule has 0 heterocycles. The molecule has 2 aromatic rings. The summed E-state index contributed by atoms with van der Waals surface area (Å²) in [5.41, 5.74) is 2.89. The van der Waals surface area contributed by atoms with Gasteiger partial charge in [-0.2, -0.15) is 0 Å². The van der Waals surface area contributed by atoms with Crippen LogP contribution < -0.4 is 0 Å². The molecular formula is C16H15BrO2. The average Bonchev–Trinajstić information content (AvgIpc) is 2.39. The van der Waals surface area contributed by atoms with Gasteiger partial charge in [0.05, 0.1) is 6.61 Å². The number of halogens is 1. The Kier molecular flexibility index (Phi) is 4.88. The predicted molar refractivity (Wildman–Crippen MR) is 79.3 cm³/mol. The zero-order valence-corrected chi connectivity index (χ0v) is 12.3. The highest BCUT2D eigenvalue weighted by Gasteiger charge is 2.05. The van der Waals surface area contributed by atoms with Gasteiger partial charge in [-0.05, 0) is 24.6 Å². The van der Waals surface area contributed by atoms with E-state index in [4.69, 9.17) is 4.74 Å². The average molecular weight is 319 g/mol. The SMILES string of the molecule is Cc1ccc(C(=O)COCc2cccc(Br)c2)cc1. The summed E-state index contributed by atoms with van der Waals surface area (Å²) in [5, 5.41) is 0. The number of benzene rings is 2. The Morgan fingerprint density at radius 1 is 1.16 bits per heavy atom. The number of ketones is 1. The van der Waals surface area contributed by atoms with Crippen molar-refractivity contribution in [2.75, 3.05) is 6.61 Å². The number of hydrogen-bond donors (Lipinski definition) is 0. The van der Waals surface area contributed by atoms with Gasteiger partial charge in [0, 0.05) is 10.0 Å². The first kappa shape index (κ1) is 14.0. The molecule has 2 rings (SSSR count). The summed E-state index contributed by atoms with van der Waals surface area (Å²) >= 11 is 3.40. The predicted octanol–water partition coefficient (Wildman–Crippen LogP) is 4.16. The lowest BCUT2D eigenvalue weighted by atomic mass is 10.1. The van der Waals surface area contributed by atoms with Crippen molar-refractivity contribution < 1.29 is 9.53 Å². The monoisotopic (exact) mass is 318 g/mol. The summed E-state index contributed by atoms with van der Waals surface area (Å²) < 4.78 is 6.46. The molecule has 0 aromatic heterocycles. The lowest BCUT2D eigenvalue weighted by Gasteiger charge is -2.05. The summed E-state index contributed by atoms with van der Waals surface area (Å²) in [7, 11) is 0. The molecule has 0 aliphatic heterocycles. The van der Waals surface area contributed by atoms with Crippen LogP contribution in [0.25, 0.3) is 0 Å². The molecule has 0 spiro atoms. The smallest absolute Gasteiger partial charge is 0.188 e. The van der Waals surface area contributed by atoms with Crippen LogP contribution in [-0.4, -0.2) is 12.4 Å². The molecule has 0 saturated heterocycles. The molecule has 0 bridgehead atoms. The second-order valence-electron chi connectivity index (χ2n) is 4.41. The van der Waals surface area contributed by atoms with Crippen LogP contribution in [0.3, 0.4) is 0 Å². The Bertz CT molecular complexity index is 561. The van der Waals surface area contributed by atoms with Gasteiger partial charge in [-0.3, -0.25) is 4.79 Å². The van der Waals surface area contributed by atoms with Crippen LogP contribution in [-0.2, 0) is 11.3 Å². The maximum atomic E-state index is 11.9. The van der Waals surface area contributed by atoms with Gasteiger partial charge < -0.3 is 4.74 Å². The first-order chi connectivity index (χ1) is 9.15. The quantitative estimate of drug-likeness (QED) is 0.774. The fourth-order valence-corrected chi connectivity index (χ4v) is 2.16. The van der Waals surface area contributed by atoms with Gasteiger partial charge in [0.15, 0.2) is 5.78 Å². The van der Waals surface area contributed by atoms with Crippen molar-refractivity contribution in [3.05, 3.63) is 69.7 Å². The molecule has 0 fully saturated rings. The van der Waals surface area contributed by atoms with E-state index in [2.05, 4.69) is 15.9 Å². The third-order valence-electron chi connectivity index (χ3n) is 2.76. The van der Waals surface area contributed by atoms with Crippen LogP contribution in [0.15, 0.2) is 53.0 Å². The third kappa shape index (κ3) is 4.30. The van der Waals surface area contributed by atoms with Crippen molar-refractivity contribution >= 4 is 21.7 Å². The fourth-order valence-electron chi connectivity index (χ4n) is 1.71. The maximum Gasteiger partial charge on any atom is 0.188 e. The summed E-state index contributed by atoms with van der Waals surface area (Å²) in [6, 6.07) is 15.4. The van der Waals surface area contributed by atoms with Crippen molar-refractivity contribution in [3.63, 3.8) is 0 Å². The minimum atomic E-state index is 0.00926. The van der Waals surface area contributed by atoms with Crippen molar-refractivity contribution in [2.45, 2.75) is 13.5 Å². The minimum absolute atomic E-state index is 0.00926. The highest BCUT2D eigenvalue weighted by Crippen LogP contribution is 2.12. The summed E-state index contributed by atoms with van der Waals surface area (Å²) in [4.78, 5) is 11.9. The van der Waals surface area contributed by atoms with Crippen molar-refractivity contribution in [3.8, 4) is 0 Å². The van der Waals surface area contributed by atoms with Crippen LogP contribution >= 0.6 is 15.9 Å². The molecule has 0 radical (unpaired) electrons. The normalized spacial score (nSPS) is 10.4.